The van der Waals surface area contributed by atoms with Crippen LogP contribution in [0.15, 0.2) is 42.5 Å². The molecule has 2 N–H and O–H groups in total. The van der Waals surface area contributed by atoms with Gasteiger partial charge in [-0.15, -0.1) is 0 Å². The number of esters is 1. The van der Waals surface area contributed by atoms with Crippen molar-refractivity contribution < 1.29 is 19.1 Å². The molecule has 1 saturated heterocycles. The number of hydrogen-bond acceptors (Lipinski definition) is 6. The maximum atomic E-state index is 12.7. The van der Waals surface area contributed by atoms with E-state index < -0.39 is 0 Å². The number of amides is 1. The molecule has 0 bridgehead atoms. The first-order chi connectivity index (χ1) is 15.0. The predicted molar refractivity (Wildman–Crippen MR) is 125 cm³/mol. The molecule has 31 heavy (non-hydrogen) atoms. The number of carbonyl (C=O) groups is 2. The van der Waals surface area contributed by atoms with Gasteiger partial charge in [0.15, 0.2) is 5.11 Å². The van der Waals surface area contributed by atoms with Crippen LogP contribution in [0.2, 0.25) is 0 Å². The first-order valence-electron chi connectivity index (χ1n) is 10.3. The summed E-state index contributed by atoms with van der Waals surface area (Å²) in [6.07, 6.45) is 0.742. The molecule has 0 saturated carbocycles. The molecule has 164 valence electrons. The lowest BCUT2D eigenvalue weighted by atomic mass is 10.1. The van der Waals surface area contributed by atoms with Crippen molar-refractivity contribution in [3.05, 3.63) is 59.2 Å². The van der Waals surface area contributed by atoms with E-state index >= 15 is 0 Å². The van der Waals surface area contributed by atoms with Crippen molar-refractivity contribution in [3.63, 3.8) is 0 Å². The Morgan fingerprint density at radius 1 is 1.13 bits per heavy atom. The minimum Gasteiger partial charge on any atom is -0.462 e. The van der Waals surface area contributed by atoms with Crippen LogP contribution in [-0.4, -0.2) is 49.9 Å². The molecular formula is C23H27N3O4S. The molecule has 8 heteroatoms. The van der Waals surface area contributed by atoms with Gasteiger partial charge in [-0.2, -0.15) is 0 Å². The Morgan fingerprint density at radius 3 is 2.52 bits per heavy atom. The van der Waals surface area contributed by atoms with Crippen LogP contribution in [0.25, 0.3) is 0 Å². The average molecular weight is 442 g/mol. The highest BCUT2D eigenvalue weighted by molar-refractivity contribution is 7.80. The van der Waals surface area contributed by atoms with E-state index in [0.717, 1.165) is 17.7 Å². The second-order valence-electron chi connectivity index (χ2n) is 7.24. The molecule has 1 fully saturated rings. The van der Waals surface area contributed by atoms with Gasteiger partial charge in [0.05, 0.1) is 31.1 Å². The maximum Gasteiger partial charge on any atom is 0.340 e. The van der Waals surface area contributed by atoms with E-state index in [1.165, 1.54) is 0 Å². The summed E-state index contributed by atoms with van der Waals surface area (Å²) >= 11 is 5.29. The highest BCUT2D eigenvalue weighted by Gasteiger charge is 2.21. The topological polar surface area (TPSA) is 79.9 Å². The summed E-state index contributed by atoms with van der Waals surface area (Å²) in [5.74, 6) is -0.688. The molecule has 0 aromatic heterocycles. The van der Waals surface area contributed by atoms with Crippen LogP contribution >= 0.6 is 12.2 Å². The Kier molecular flexibility index (Phi) is 7.97. The molecule has 2 aromatic rings. The van der Waals surface area contributed by atoms with E-state index in [2.05, 4.69) is 15.5 Å². The van der Waals surface area contributed by atoms with Crippen molar-refractivity contribution >= 4 is 40.6 Å². The van der Waals surface area contributed by atoms with E-state index in [1.807, 2.05) is 38.1 Å². The zero-order valence-electron chi connectivity index (χ0n) is 17.8. The second kappa shape index (κ2) is 10.9. The van der Waals surface area contributed by atoms with Gasteiger partial charge in [-0.3, -0.25) is 10.1 Å². The zero-order chi connectivity index (χ0) is 22.2. The van der Waals surface area contributed by atoms with Crippen molar-refractivity contribution in [2.75, 3.05) is 43.1 Å². The number of aryl methyl sites for hydroxylation is 1. The van der Waals surface area contributed by atoms with Crippen LogP contribution in [0.5, 0.6) is 0 Å². The third-order valence-corrected chi connectivity index (χ3v) is 5.01. The number of anilines is 2. The van der Waals surface area contributed by atoms with Gasteiger partial charge in [-0.25, -0.2) is 4.79 Å². The van der Waals surface area contributed by atoms with E-state index in [1.54, 1.807) is 18.2 Å². The normalized spacial score (nSPS) is 13.4. The van der Waals surface area contributed by atoms with Crippen molar-refractivity contribution in [3.8, 4) is 0 Å². The van der Waals surface area contributed by atoms with Crippen molar-refractivity contribution in [2.45, 2.75) is 20.3 Å². The van der Waals surface area contributed by atoms with Gasteiger partial charge in [0.25, 0.3) is 5.91 Å². The van der Waals surface area contributed by atoms with Gasteiger partial charge < -0.3 is 19.7 Å². The number of ether oxygens (including phenoxy) is 2. The molecular weight excluding hydrogens is 414 g/mol. The average Bonchev–Trinajstić information content (AvgIpc) is 2.78. The second-order valence-corrected chi connectivity index (χ2v) is 7.65. The molecule has 1 heterocycles. The zero-order valence-corrected chi connectivity index (χ0v) is 18.6. The van der Waals surface area contributed by atoms with Crippen LogP contribution in [0.3, 0.4) is 0 Å². The van der Waals surface area contributed by atoms with Crippen LogP contribution < -0.4 is 15.5 Å². The molecule has 2 aromatic carbocycles. The van der Waals surface area contributed by atoms with E-state index in [0.29, 0.717) is 49.7 Å². The van der Waals surface area contributed by atoms with Crippen LogP contribution in [0.4, 0.5) is 11.4 Å². The van der Waals surface area contributed by atoms with Gasteiger partial charge in [-0.05, 0) is 55.9 Å². The summed E-state index contributed by atoms with van der Waals surface area (Å²) in [7, 11) is 0. The molecule has 0 spiro atoms. The predicted octanol–water partition coefficient (Wildman–Crippen LogP) is 3.53. The Labute approximate surface area is 187 Å². The lowest BCUT2D eigenvalue weighted by molar-refractivity contribution is 0.0505. The van der Waals surface area contributed by atoms with Crippen LogP contribution in [-0.2, 0) is 9.47 Å². The molecule has 0 aliphatic carbocycles. The largest absolute Gasteiger partial charge is 0.462 e. The minimum absolute atomic E-state index is 0.151. The first kappa shape index (κ1) is 22.7. The maximum absolute atomic E-state index is 12.7. The first-order valence-corrected chi connectivity index (χ1v) is 10.7. The van der Waals surface area contributed by atoms with Crippen molar-refractivity contribution in [2.24, 2.45) is 0 Å². The van der Waals surface area contributed by atoms with E-state index in [-0.39, 0.29) is 17.0 Å². The number of carbonyl (C=O) groups excluding carboxylic acids is 2. The summed E-state index contributed by atoms with van der Waals surface area (Å²) in [4.78, 5) is 27.2. The molecule has 1 aliphatic heterocycles. The smallest absolute Gasteiger partial charge is 0.340 e. The number of rotatable bonds is 6. The number of benzene rings is 2. The third-order valence-electron chi connectivity index (χ3n) is 4.80. The highest BCUT2D eigenvalue weighted by atomic mass is 32.1. The summed E-state index contributed by atoms with van der Waals surface area (Å²) in [6, 6.07) is 12.6. The minimum atomic E-state index is -0.387. The Hall–Kier alpha value is -2.97. The van der Waals surface area contributed by atoms with Gasteiger partial charge in [-0.1, -0.05) is 24.6 Å². The fourth-order valence-electron chi connectivity index (χ4n) is 3.17. The monoisotopic (exact) mass is 441 g/mol. The van der Waals surface area contributed by atoms with Crippen molar-refractivity contribution in [1.29, 1.82) is 0 Å². The number of hydrogen-bond donors (Lipinski definition) is 2. The molecule has 3 rings (SSSR count). The van der Waals surface area contributed by atoms with E-state index in [9.17, 15) is 9.59 Å². The number of thiocarbonyl (C=S) groups is 1. The van der Waals surface area contributed by atoms with Gasteiger partial charge in [0.1, 0.15) is 0 Å². The molecule has 0 radical (unpaired) electrons. The highest BCUT2D eigenvalue weighted by Crippen LogP contribution is 2.26. The lowest BCUT2D eigenvalue weighted by Crippen LogP contribution is -2.37. The van der Waals surface area contributed by atoms with Gasteiger partial charge in [0.2, 0.25) is 0 Å². The summed E-state index contributed by atoms with van der Waals surface area (Å²) in [5, 5.41) is 5.80. The summed E-state index contributed by atoms with van der Waals surface area (Å²) in [6.45, 7) is 6.87. The molecule has 0 unspecified atom stereocenters. The molecule has 1 amide bonds. The molecule has 1 aliphatic rings. The van der Waals surface area contributed by atoms with Gasteiger partial charge in [0, 0.05) is 24.3 Å². The Balaban J connectivity index is 1.74. The van der Waals surface area contributed by atoms with E-state index in [4.69, 9.17) is 21.7 Å². The SMILES string of the molecule is CCCOC(=O)c1cc(NC(=S)NC(=O)c2ccc(C)cc2)ccc1N1CCOCC1. The third kappa shape index (κ3) is 6.26. The Bertz CT molecular complexity index is 940. The standard InChI is InChI=1S/C23H27N3O4S/c1-3-12-30-22(28)19-15-18(8-9-20(19)26-10-13-29-14-11-26)24-23(31)25-21(27)17-6-4-16(2)5-7-17/h4-9,15H,3,10-14H2,1-2H3,(H2,24,25,27,31). The number of nitrogens with zero attached hydrogens (tertiary/aromatic N) is 1. The quantitative estimate of drug-likeness (QED) is 0.524. The van der Waals surface area contributed by atoms with Crippen LogP contribution in [0, 0.1) is 6.92 Å². The number of morpholine rings is 1. The summed E-state index contributed by atoms with van der Waals surface area (Å²) < 4.78 is 10.8. The van der Waals surface area contributed by atoms with Gasteiger partial charge >= 0.3 is 5.97 Å². The fourth-order valence-corrected chi connectivity index (χ4v) is 3.38. The van der Waals surface area contributed by atoms with Crippen molar-refractivity contribution in [1.82, 2.24) is 5.32 Å². The Morgan fingerprint density at radius 2 is 1.84 bits per heavy atom. The fraction of sp³-hybridized carbons (Fsp3) is 0.348. The lowest BCUT2D eigenvalue weighted by Gasteiger charge is -2.30. The summed E-state index contributed by atoms with van der Waals surface area (Å²) in [5.41, 5.74) is 3.42. The number of nitrogens with one attached hydrogen (secondary N) is 2. The van der Waals surface area contributed by atoms with Crippen LogP contribution in [0.1, 0.15) is 39.6 Å². The molecule has 7 nitrogen and oxygen atoms in total. The molecule has 0 atom stereocenters.